The first-order valence-electron chi connectivity index (χ1n) is 34.1. The average Bonchev–Trinajstić information content (AvgIpc) is 3.41. The van der Waals surface area contributed by atoms with Crippen LogP contribution >= 0.6 is 0 Å². The predicted molar refractivity (Wildman–Crippen MR) is 329 cm³/mol. The molecule has 75 heavy (non-hydrogen) atoms. The SMILES string of the molecule is CCCCCCCCCCCCCCCCCCCCCC/C=C/C(O)C(CO)NC(=O)CCCCCCCCC/C=C\CCCCCCCCCCOC(=O)CCCCCCCCCCCCCCCCCCC. The van der Waals surface area contributed by atoms with Crippen LogP contribution in [0, 0.1) is 0 Å². The average molecular weight is 1060 g/mol. The summed E-state index contributed by atoms with van der Waals surface area (Å²) in [7, 11) is 0. The largest absolute Gasteiger partial charge is 0.466 e. The lowest BCUT2D eigenvalue weighted by atomic mass is 10.0. The fraction of sp³-hybridized carbons (Fsp3) is 0.913. The van der Waals surface area contributed by atoms with Gasteiger partial charge in [-0.15, -0.1) is 0 Å². The summed E-state index contributed by atoms with van der Waals surface area (Å²) < 4.78 is 5.50. The van der Waals surface area contributed by atoms with E-state index in [2.05, 4.69) is 31.3 Å². The van der Waals surface area contributed by atoms with Crippen molar-refractivity contribution in [3.8, 4) is 0 Å². The number of carbonyl (C=O) groups excluding carboxylic acids is 2. The number of ether oxygens (including phenoxy) is 1. The smallest absolute Gasteiger partial charge is 0.305 e. The second-order valence-corrected chi connectivity index (χ2v) is 23.5. The Morgan fingerprint density at radius 1 is 0.360 bits per heavy atom. The van der Waals surface area contributed by atoms with Gasteiger partial charge >= 0.3 is 5.97 Å². The van der Waals surface area contributed by atoms with E-state index in [4.69, 9.17) is 4.74 Å². The molecule has 2 atom stereocenters. The van der Waals surface area contributed by atoms with E-state index in [1.54, 1.807) is 6.08 Å². The number of hydrogen-bond donors (Lipinski definition) is 3. The molecule has 0 fully saturated rings. The van der Waals surface area contributed by atoms with Crippen molar-refractivity contribution in [3.63, 3.8) is 0 Å². The number of hydrogen-bond acceptors (Lipinski definition) is 5. The van der Waals surface area contributed by atoms with E-state index < -0.39 is 12.1 Å². The molecule has 0 radical (unpaired) electrons. The Kier molecular flexibility index (Phi) is 63.4. The molecule has 0 aromatic rings. The van der Waals surface area contributed by atoms with Crippen molar-refractivity contribution in [1.82, 2.24) is 5.32 Å². The highest BCUT2D eigenvalue weighted by atomic mass is 16.5. The van der Waals surface area contributed by atoms with Crippen LogP contribution in [0.1, 0.15) is 380 Å². The van der Waals surface area contributed by atoms with E-state index in [0.29, 0.717) is 19.4 Å². The summed E-state index contributed by atoms with van der Waals surface area (Å²) in [6.45, 7) is 4.93. The zero-order chi connectivity index (χ0) is 54.3. The molecule has 2 unspecified atom stereocenters. The molecular weight excluding hydrogens is 923 g/mol. The number of esters is 1. The second-order valence-electron chi connectivity index (χ2n) is 23.5. The van der Waals surface area contributed by atoms with Crippen LogP contribution in [-0.4, -0.2) is 47.4 Å². The molecule has 0 saturated heterocycles. The zero-order valence-electron chi connectivity index (χ0n) is 50.8. The Balaban J connectivity index is 3.45. The highest BCUT2D eigenvalue weighted by Gasteiger charge is 2.18. The van der Waals surface area contributed by atoms with Crippen LogP contribution in [-0.2, 0) is 14.3 Å². The van der Waals surface area contributed by atoms with Crippen molar-refractivity contribution >= 4 is 11.9 Å². The summed E-state index contributed by atoms with van der Waals surface area (Å²) in [4.78, 5) is 24.6. The fourth-order valence-electron chi connectivity index (χ4n) is 10.7. The lowest BCUT2D eigenvalue weighted by Gasteiger charge is -2.20. The van der Waals surface area contributed by atoms with Gasteiger partial charge in [-0.1, -0.05) is 334 Å². The standard InChI is InChI=1S/C69H133NO5/c1-3-5-7-9-11-13-15-17-19-21-22-23-24-26-30-33-37-41-45-49-53-57-61-67(72)66(65-71)70-68(73)62-58-54-50-46-42-38-34-31-27-25-28-32-36-40-44-48-52-56-60-64-75-69(74)63-59-55-51-47-43-39-35-29-20-18-16-14-12-10-8-6-4-2/h25,27,57,61,66-67,71-72H,3-24,26,28-56,58-60,62-65H2,1-2H3,(H,70,73)/b27-25-,61-57+. The third kappa shape index (κ3) is 61.4. The number of rotatable bonds is 64. The first kappa shape index (κ1) is 73.3. The van der Waals surface area contributed by atoms with Crippen LogP contribution in [0.2, 0.25) is 0 Å². The summed E-state index contributed by atoms with van der Waals surface area (Å²) in [6, 6.07) is -0.636. The van der Waals surface area contributed by atoms with Crippen molar-refractivity contribution in [3.05, 3.63) is 24.3 Å². The number of aliphatic hydroxyl groups excluding tert-OH is 2. The minimum Gasteiger partial charge on any atom is -0.466 e. The number of aliphatic hydroxyl groups is 2. The minimum atomic E-state index is -0.852. The van der Waals surface area contributed by atoms with Crippen molar-refractivity contribution in [2.75, 3.05) is 13.2 Å². The third-order valence-corrected chi connectivity index (χ3v) is 16.0. The Morgan fingerprint density at radius 2 is 0.627 bits per heavy atom. The van der Waals surface area contributed by atoms with E-state index in [1.807, 2.05) is 6.08 Å². The summed E-state index contributed by atoms with van der Waals surface area (Å²) in [5.41, 5.74) is 0. The molecule has 444 valence electrons. The van der Waals surface area contributed by atoms with E-state index in [-0.39, 0.29) is 18.5 Å². The van der Waals surface area contributed by atoms with Crippen molar-refractivity contribution in [2.45, 2.75) is 392 Å². The Labute approximate surface area is 469 Å². The van der Waals surface area contributed by atoms with Crippen LogP contribution in [0.25, 0.3) is 0 Å². The van der Waals surface area contributed by atoms with E-state index in [1.165, 1.54) is 308 Å². The quantitative estimate of drug-likeness (QED) is 0.0320. The highest BCUT2D eigenvalue weighted by molar-refractivity contribution is 5.76. The van der Waals surface area contributed by atoms with Crippen LogP contribution in [0.5, 0.6) is 0 Å². The molecule has 0 aromatic heterocycles. The van der Waals surface area contributed by atoms with Gasteiger partial charge in [-0.25, -0.2) is 0 Å². The van der Waals surface area contributed by atoms with Gasteiger partial charge in [0.2, 0.25) is 5.91 Å². The van der Waals surface area contributed by atoms with Crippen molar-refractivity contribution < 1.29 is 24.5 Å². The molecule has 0 aliphatic carbocycles. The van der Waals surface area contributed by atoms with Crippen molar-refractivity contribution in [1.29, 1.82) is 0 Å². The molecule has 3 N–H and O–H groups in total. The van der Waals surface area contributed by atoms with E-state index in [9.17, 15) is 19.8 Å². The maximum Gasteiger partial charge on any atom is 0.305 e. The topological polar surface area (TPSA) is 95.9 Å². The summed E-state index contributed by atoms with van der Waals surface area (Å²) >= 11 is 0. The van der Waals surface area contributed by atoms with Gasteiger partial charge in [0.1, 0.15) is 0 Å². The number of carbonyl (C=O) groups is 2. The molecule has 0 spiro atoms. The molecule has 0 aliphatic heterocycles. The van der Waals surface area contributed by atoms with Gasteiger partial charge in [-0.3, -0.25) is 9.59 Å². The summed E-state index contributed by atoms with van der Waals surface area (Å²) in [5, 5.41) is 23.2. The number of amides is 1. The summed E-state index contributed by atoms with van der Waals surface area (Å²) in [5.74, 6) is -0.0657. The second kappa shape index (κ2) is 64.9. The van der Waals surface area contributed by atoms with Gasteiger partial charge in [-0.05, 0) is 57.8 Å². The molecular formula is C69H133NO5. The number of nitrogens with one attached hydrogen (secondary N) is 1. The van der Waals surface area contributed by atoms with Crippen LogP contribution in [0.4, 0.5) is 0 Å². The Hall–Kier alpha value is -1.66. The van der Waals surface area contributed by atoms with Gasteiger partial charge < -0.3 is 20.3 Å². The molecule has 0 rings (SSSR count). The number of allylic oxidation sites excluding steroid dienone is 3. The summed E-state index contributed by atoms with van der Waals surface area (Å²) in [6.07, 6.45) is 80.9. The van der Waals surface area contributed by atoms with E-state index in [0.717, 1.165) is 44.9 Å². The molecule has 0 aliphatic rings. The Morgan fingerprint density at radius 3 is 0.947 bits per heavy atom. The minimum absolute atomic E-state index is 0.00799. The third-order valence-electron chi connectivity index (χ3n) is 16.0. The van der Waals surface area contributed by atoms with E-state index >= 15 is 0 Å². The van der Waals surface area contributed by atoms with Crippen LogP contribution in [0.15, 0.2) is 24.3 Å². The first-order chi connectivity index (χ1) is 37.0. The molecule has 0 saturated carbocycles. The van der Waals surface area contributed by atoms with Crippen LogP contribution < -0.4 is 5.32 Å². The number of unbranched alkanes of at least 4 members (excludes halogenated alkanes) is 51. The lowest BCUT2D eigenvalue weighted by Crippen LogP contribution is -2.45. The van der Waals surface area contributed by atoms with Crippen molar-refractivity contribution in [2.24, 2.45) is 0 Å². The maximum atomic E-state index is 12.5. The van der Waals surface area contributed by atoms with Gasteiger partial charge in [0.25, 0.3) is 0 Å². The predicted octanol–water partition coefficient (Wildman–Crippen LogP) is 21.8. The first-order valence-corrected chi connectivity index (χ1v) is 34.1. The molecule has 0 bridgehead atoms. The molecule has 6 nitrogen and oxygen atoms in total. The van der Waals surface area contributed by atoms with Gasteiger partial charge in [0, 0.05) is 12.8 Å². The van der Waals surface area contributed by atoms with Gasteiger partial charge in [0.15, 0.2) is 0 Å². The fourth-order valence-corrected chi connectivity index (χ4v) is 10.7. The lowest BCUT2D eigenvalue weighted by molar-refractivity contribution is -0.143. The maximum absolute atomic E-state index is 12.5. The molecule has 0 heterocycles. The van der Waals surface area contributed by atoms with Gasteiger partial charge in [0.05, 0.1) is 25.4 Å². The molecule has 6 heteroatoms. The highest BCUT2D eigenvalue weighted by Crippen LogP contribution is 2.18. The molecule has 0 aromatic carbocycles. The monoisotopic (exact) mass is 1060 g/mol. The Bertz CT molecular complexity index is 1170. The van der Waals surface area contributed by atoms with Gasteiger partial charge in [-0.2, -0.15) is 0 Å². The zero-order valence-corrected chi connectivity index (χ0v) is 50.8. The molecule has 1 amide bonds. The normalized spacial score (nSPS) is 12.6. The van der Waals surface area contributed by atoms with Crippen LogP contribution in [0.3, 0.4) is 0 Å².